The third-order valence-electron chi connectivity index (χ3n) is 1.89. The monoisotopic (exact) mass is 219 g/mol. The molecule has 2 atom stereocenters. The molecule has 1 fully saturated rings. The smallest absolute Gasteiger partial charge is 0.404 e. The van der Waals surface area contributed by atoms with Crippen molar-refractivity contribution in [1.29, 1.82) is 0 Å². The van der Waals surface area contributed by atoms with Crippen LogP contribution in [0.5, 0.6) is 0 Å². The van der Waals surface area contributed by atoms with Crippen molar-refractivity contribution < 1.29 is 23.1 Å². The molecule has 0 aliphatic carbocycles. The molecule has 0 saturated carbocycles. The molecule has 7 heteroatoms. The standard InChI is InChI=1S/C6H8F3NO2.ClH/c7-6(8,9)4-3(5(11)12)1-2-10-4;/h3-4,10H,1-2H2,(H,11,12);1H/t3-,4+;/m0./s1. The van der Waals surface area contributed by atoms with Crippen molar-refractivity contribution in [2.45, 2.75) is 18.6 Å². The van der Waals surface area contributed by atoms with E-state index in [1.807, 2.05) is 0 Å². The minimum Gasteiger partial charge on any atom is -0.481 e. The van der Waals surface area contributed by atoms with Crippen LogP contribution in [0.3, 0.4) is 0 Å². The highest BCUT2D eigenvalue weighted by atomic mass is 35.5. The number of carboxylic acids is 1. The maximum atomic E-state index is 12.0. The van der Waals surface area contributed by atoms with Gasteiger partial charge in [0.15, 0.2) is 0 Å². The highest BCUT2D eigenvalue weighted by Gasteiger charge is 2.49. The van der Waals surface area contributed by atoms with E-state index in [0.29, 0.717) is 0 Å². The molecule has 1 heterocycles. The van der Waals surface area contributed by atoms with Crippen LogP contribution in [0.25, 0.3) is 0 Å². The number of carbonyl (C=O) groups is 1. The SMILES string of the molecule is Cl.O=C(O)[C@H]1CCN[C@H]1C(F)(F)F. The molecule has 3 nitrogen and oxygen atoms in total. The highest BCUT2D eigenvalue weighted by Crippen LogP contribution is 2.30. The van der Waals surface area contributed by atoms with Crippen LogP contribution in [-0.4, -0.2) is 29.8 Å². The zero-order valence-electron chi connectivity index (χ0n) is 6.47. The number of halogens is 4. The van der Waals surface area contributed by atoms with Gasteiger partial charge in [-0.05, 0) is 13.0 Å². The Morgan fingerprint density at radius 2 is 2.00 bits per heavy atom. The van der Waals surface area contributed by atoms with Crippen LogP contribution in [0.15, 0.2) is 0 Å². The summed E-state index contributed by atoms with van der Waals surface area (Å²) in [5.41, 5.74) is 0. The van der Waals surface area contributed by atoms with Crippen LogP contribution < -0.4 is 5.32 Å². The Morgan fingerprint density at radius 1 is 1.46 bits per heavy atom. The normalized spacial score (nSPS) is 28.2. The Bertz CT molecular complexity index is 197. The zero-order chi connectivity index (χ0) is 9.35. The van der Waals surface area contributed by atoms with Crippen molar-refractivity contribution in [3.05, 3.63) is 0 Å². The van der Waals surface area contributed by atoms with E-state index in [4.69, 9.17) is 5.11 Å². The molecule has 78 valence electrons. The van der Waals surface area contributed by atoms with Gasteiger partial charge in [-0.1, -0.05) is 0 Å². The molecule has 0 aromatic carbocycles. The first-order valence-electron chi connectivity index (χ1n) is 3.46. The summed E-state index contributed by atoms with van der Waals surface area (Å²) in [5, 5.41) is 10.5. The summed E-state index contributed by atoms with van der Waals surface area (Å²) in [4.78, 5) is 10.3. The number of alkyl halides is 3. The molecule has 13 heavy (non-hydrogen) atoms. The number of hydrogen-bond donors (Lipinski definition) is 2. The van der Waals surface area contributed by atoms with Crippen LogP contribution in [0, 0.1) is 5.92 Å². The predicted octanol–water partition coefficient (Wildman–Crippen LogP) is 1.03. The van der Waals surface area contributed by atoms with Crippen molar-refractivity contribution in [1.82, 2.24) is 5.32 Å². The third kappa shape index (κ3) is 2.73. The summed E-state index contributed by atoms with van der Waals surface area (Å²) >= 11 is 0. The van der Waals surface area contributed by atoms with Gasteiger partial charge in [-0.25, -0.2) is 0 Å². The van der Waals surface area contributed by atoms with E-state index in [2.05, 4.69) is 5.32 Å². The van der Waals surface area contributed by atoms with Gasteiger partial charge >= 0.3 is 12.1 Å². The van der Waals surface area contributed by atoms with Crippen LogP contribution in [0.4, 0.5) is 13.2 Å². The van der Waals surface area contributed by atoms with E-state index in [0.717, 1.165) is 0 Å². The second-order valence-electron chi connectivity index (χ2n) is 2.71. The van der Waals surface area contributed by atoms with Crippen molar-refractivity contribution in [2.75, 3.05) is 6.54 Å². The Morgan fingerprint density at radius 3 is 2.31 bits per heavy atom. The van der Waals surface area contributed by atoms with Gasteiger partial charge in [-0.15, -0.1) is 12.4 Å². The molecule has 0 amide bonds. The first-order valence-corrected chi connectivity index (χ1v) is 3.46. The van der Waals surface area contributed by atoms with Crippen molar-refractivity contribution >= 4 is 18.4 Å². The maximum Gasteiger partial charge on any atom is 0.404 e. The Balaban J connectivity index is 0.00000144. The van der Waals surface area contributed by atoms with Gasteiger partial charge in [-0.2, -0.15) is 13.2 Å². The molecule has 0 radical (unpaired) electrons. The van der Waals surface area contributed by atoms with Crippen LogP contribution >= 0.6 is 12.4 Å². The fourth-order valence-electron chi connectivity index (χ4n) is 1.31. The second kappa shape index (κ2) is 4.15. The average Bonchev–Trinajstić information content (AvgIpc) is 2.30. The van der Waals surface area contributed by atoms with Crippen molar-refractivity contribution in [3.63, 3.8) is 0 Å². The van der Waals surface area contributed by atoms with E-state index >= 15 is 0 Å². The van der Waals surface area contributed by atoms with Gasteiger partial charge in [0.25, 0.3) is 0 Å². The zero-order valence-corrected chi connectivity index (χ0v) is 7.28. The van der Waals surface area contributed by atoms with E-state index in [1.54, 1.807) is 0 Å². The number of rotatable bonds is 1. The minimum atomic E-state index is -4.46. The van der Waals surface area contributed by atoms with Gasteiger partial charge in [0.1, 0.15) is 6.04 Å². The summed E-state index contributed by atoms with van der Waals surface area (Å²) in [5.74, 6) is -2.72. The highest BCUT2D eigenvalue weighted by molar-refractivity contribution is 5.85. The lowest BCUT2D eigenvalue weighted by Gasteiger charge is -2.18. The van der Waals surface area contributed by atoms with Gasteiger partial charge in [0.05, 0.1) is 5.92 Å². The van der Waals surface area contributed by atoms with Crippen LogP contribution in [-0.2, 0) is 4.79 Å². The molecule has 1 saturated heterocycles. The van der Waals surface area contributed by atoms with Crippen LogP contribution in [0.2, 0.25) is 0 Å². The predicted molar refractivity (Wildman–Crippen MR) is 40.8 cm³/mol. The number of nitrogens with one attached hydrogen (secondary N) is 1. The summed E-state index contributed by atoms with van der Waals surface area (Å²) in [6.07, 6.45) is -4.42. The lowest BCUT2D eigenvalue weighted by Crippen LogP contribution is -2.44. The minimum absolute atomic E-state index is 0. The van der Waals surface area contributed by atoms with Crippen molar-refractivity contribution in [3.8, 4) is 0 Å². The van der Waals surface area contributed by atoms with Gasteiger partial charge in [0, 0.05) is 0 Å². The Labute approximate surface area is 78.7 Å². The van der Waals surface area contributed by atoms with E-state index < -0.39 is 24.1 Å². The molecule has 0 unspecified atom stereocenters. The summed E-state index contributed by atoms with van der Waals surface area (Å²) < 4.78 is 36.1. The number of hydrogen-bond acceptors (Lipinski definition) is 2. The molecule has 0 aromatic rings. The number of carboxylic acid groups (broad SMARTS) is 1. The number of aliphatic carboxylic acids is 1. The van der Waals surface area contributed by atoms with Gasteiger partial charge in [0.2, 0.25) is 0 Å². The Kier molecular flexibility index (Phi) is 3.99. The Hall–Kier alpha value is -0.490. The largest absolute Gasteiger partial charge is 0.481 e. The van der Waals surface area contributed by atoms with Crippen molar-refractivity contribution in [2.24, 2.45) is 5.92 Å². The molecule has 0 spiro atoms. The molecular weight excluding hydrogens is 211 g/mol. The fourth-order valence-corrected chi connectivity index (χ4v) is 1.31. The van der Waals surface area contributed by atoms with E-state index in [1.165, 1.54) is 0 Å². The van der Waals surface area contributed by atoms with Gasteiger partial charge in [-0.3, -0.25) is 4.79 Å². The van der Waals surface area contributed by atoms with E-state index in [-0.39, 0.29) is 25.4 Å². The topological polar surface area (TPSA) is 49.3 Å². The first kappa shape index (κ1) is 12.5. The maximum absolute atomic E-state index is 12.0. The van der Waals surface area contributed by atoms with Gasteiger partial charge < -0.3 is 10.4 Å². The lowest BCUT2D eigenvalue weighted by atomic mass is 10.0. The average molecular weight is 220 g/mol. The second-order valence-corrected chi connectivity index (χ2v) is 2.71. The quantitative estimate of drug-likeness (QED) is 0.693. The van der Waals surface area contributed by atoms with Crippen LogP contribution in [0.1, 0.15) is 6.42 Å². The molecule has 1 aliphatic rings. The van der Waals surface area contributed by atoms with E-state index in [9.17, 15) is 18.0 Å². The molecule has 0 aromatic heterocycles. The summed E-state index contributed by atoms with van der Waals surface area (Å²) in [6, 6.07) is -1.88. The molecule has 2 N–H and O–H groups in total. The summed E-state index contributed by atoms with van der Waals surface area (Å²) in [7, 11) is 0. The fraction of sp³-hybridized carbons (Fsp3) is 0.833. The molecule has 1 rings (SSSR count). The molecular formula is C6H9ClF3NO2. The summed E-state index contributed by atoms with van der Waals surface area (Å²) in [6.45, 7) is 0.112. The third-order valence-corrected chi connectivity index (χ3v) is 1.89. The molecule has 1 aliphatic heterocycles. The lowest BCUT2D eigenvalue weighted by molar-refractivity contribution is -0.173. The molecule has 0 bridgehead atoms. The first-order chi connectivity index (χ1) is 5.43.